The number of hydrogen-bond acceptors (Lipinski definition) is 4. The average molecular weight is 307 g/mol. The smallest absolute Gasteiger partial charge is 0.346 e. The van der Waals surface area contributed by atoms with Gasteiger partial charge in [-0.3, -0.25) is 0 Å². The number of carboxylic acid groups (broad SMARTS) is 1. The zero-order valence-electron chi connectivity index (χ0n) is 11.1. The van der Waals surface area contributed by atoms with Crippen LogP contribution in [-0.2, 0) is 6.54 Å². The number of fused-ring (bicyclic) bond motifs is 1. The highest BCUT2D eigenvalue weighted by atomic mass is 32.2. The van der Waals surface area contributed by atoms with Crippen LogP contribution >= 0.6 is 23.1 Å². The van der Waals surface area contributed by atoms with Gasteiger partial charge in [0.05, 0.1) is 0 Å². The number of carboxylic acids is 1. The molecule has 0 atom stereocenters. The van der Waals surface area contributed by atoms with Gasteiger partial charge in [-0.05, 0) is 17.0 Å². The van der Waals surface area contributed by atoms with Crippen LogP contribution in [0.4, 0.5) is 0 Å². The van der Waals surface area contributed by atoms with E-state index in [2.05, 4.69) is 11.9 Å². The molecule has 2 rings (SSSR count). The van der Waals surface area contributed by atoms with E-state index in [1.54, 1.807) is 0 Å². The van der Waals surface area contributed by atoms with Gasteiger partial charge in [0.1, 0.15) is 4.88 Å². The number of rotatable bonds is 8. The van der Waals surface area contributed by atoms with Gasteiger partial charge in [-0.25, -0.2) is 4.79 Å². The van der Waals surface area contributed by atoms with Crippen molar-refractivity contribution in [1.82, 2.24) is 5.32 Å². The molecule has 3 nitrogen and oxygen atoms in total. The van der Waals surface area contributed by atoms with E-state index in [0.717, 1.165) is 33.7 Å². The Kier molecular flexibility index (Phi) is 5.64. The van der Waals surface area contributed by atoms with Gasteiger partial charge in [-0.15, -0.1) is 17.9 Å². The lowest BCUT2D eigenvalue weighted by molar-refractivity contribution is 0.0701. The topological polar surface area (TPSA) is 49.3 Å². The third-order valence-corrected chi connectivity index (χ3v) is 5.02. The van der Waals surface area contributed by atoms with Gasteiger partial charge in [-0.1, -0.05) is 24.3 Å². The van der Waals surface area contributed by atoms with Gasteiger partial charge in [0.15, 0.2) is 0 Å². The zero-order valence-corrected chi connectivity index (χ0v) is 12.7. The third kappa shape index (κ3) is 3.62. The van der Waals surface area contributed by atoms with E-state index in [9.17, 15) is 9.90 Å². The van der Waals surface area contributed by atoms with Crippen molar-refractivity contribution in [3.8, 4) is 0 Å². The first-order valence-electron chi connectivity index (χ1n) is 6.37. The van der Waals surface area contributed by atoms with Crippen LogP contribution in [0.3, 0.4) is 0 Å². The van der Waals surface area contributed by atoms with Crippen molar-refractivity contribution < 1.29 is 9.90 Å². The molecule has 2 aromatic rings. The number of hydrogen-bond donors (Lipinski definition) is 2. The summed E-state index contributed by atoms with van der Waals surface area (Å²) < 4.78 is 1.03. The summed E-state index contributed by atoms with van der Waals surface area (Å²) in [5.41, 5.74) is 0.895. The molecule has 20 heavy (non-hydrogen) atoms. The molecule has 0 aliphatic rings. The normalized spacial score (nSPS) is 10.8. The Hall–Kier alpha value is -1.30. The molecule has 1 aromatic carbocycles. The summed E-state index contributed by atoms with van der Waals surface area (Å²) >= 11 is 3.16. The maximum absolute atomic E-state index is 11.3. The van der Waals surface area contributed by atoms with Crippen LogP contribution in [-0.4, -0.2) is 29.1 Å². The Morgan fingerprint density at radius 3 is 3.00 bits per heavy atom. The van der Waals surface area contributed by atoms with Gasteiger partial charge in [0.2, 0.25) is 0 Å². The van der Waals surface area contributed by atoms with Crippen LogP contribution in [0, 0.1) is 0 Å². The van der Waals surface area contributed by atoms with E-state index in [1.807, 2.05) is 42.1 Å². The summed E-state index contributed by atoms with van der Waals surface area (Å²) in [5, 5.41) is 13.7. The van der Waals surface area contributed by atoms with Gasteiger partial charge in [0.25, 0.3) is 0 Å². The Morgan fingerprint density at radius 1 is 1.45 bits per heavy atom. The lowest BCUT2D eigenvalue weighted by Crippen LogP contribution is -2.17. The Bertz CT molecular complexity index is 607. The molecule has 2 N–H and O–H groups in total. The van der Waals surface area contributed by atoms with Crippen molar-refractivity contribution >= 4 is 39.2 Å². The largest absolute Gasteiger partial charge is 0.477 e. The first kappa shape index (κ1) is 15.1. The van der Waals surface area contributed by atoms with E-state index in [1.165, 1.54) is 11.3 Å². The standard InChI is InChI=1S/C15H17NO2S2/c1-2-8-19-9-7-16-10-12-11-5-3-4-6-13(11)20-14(12)15(17)18/h2-6,16H,1,7-10H2,(H,17,18). The summed E-state index contributed by atoms with van der Waals surface area (Å²) in [6, 6.07) is 7.84. The Morgan fingerprint density at radius 2 is 2.25 bits per heavy atom. The van der Waals surface area contributed by atoms with Crippen LogP contribution in [0.15, 0.2) is 36.9 Å². The van der Waals surface area contributed by atoms with Crippen molar-refractivity contribution in [2.24, 2.45) is 0 Å². The molecule has 1 heterocycles. The Balaban J connectivity index is 2.06. The Labute approximate surface area is 126 Å². The predicted octanol–water partition coefficient (Wildman–Crippen LogP) is 3.61. The zero-order chi connectivity index (χ0) is 14.4. The minimum absolute atomic E-state index is 0.442. The lowest BCUT2D eigenvalue weighted by Gasteiger charge is -2.05. The van der Waals surface area contributed by atoms with Crippen LogP contribution in [0.1, 0.15) is 15.2 Å². The fourth-order valence-corrected chi connectivity index (χ4v) is 3.65. The first-order chi connectivity index (χ1) is 9.74. The maximum Gasteiger partial charge on any atom is 0.346 e. The number of thioether (sulfide) groups is 1. The average Bonchev–Trinajstić information content (AvgIpc) is 2.82. The molecule has 0 aliphatic heterocycles. The number of thiophene rings is 1. The quantitative estimate of drug-likeness (QED) is 0.578. The highest BCUT2D eigenvalue weighted by Crippen LogP contribution is 2.31. The van der Waals surface area contributed by atoms with Gasteiger partial charge >= 0.3 is 5.97 Å². The monoisotopic (exact) mass is 307 g/mol. The highest BCUT2D eigenvalue weighted by molar-refractivity contribution is 7.99. The molecular formula is C15H17NO2S2. The summed E-state index contributed by atoms with van der Waals surface area (Å²) in [6.07, 6.45) is 1.89. The second kappa shape index (κ2) is 7.47. The van der Waals surface area contributed by atoms with E-state index < -0.39 is 5.97 Å². The van der Waals surface area contributed by atoms with Crippen molar-refractivity contribution in [2.75, 3.05) is 18.1 Å². The van der Waals surface area contributed by atoms with E-state index in [0.29, 0.717) is 11.4 Å². The summed E-state index contributed by atoms with van der Waals surface area (Å²) in [7, 11) is 0. The molecular weight excluding hydrogens is 290 g/mol. The fraction of sp³-hybridized carbons (Fsp3) is 0.267. The molecule has 0 spiro atoms. The molecule has 0 unspecified atom stereocenters. The molecule has 0 fully saturated rings. The summed E-state index contributed by atoms with van der Waals surface area (Å²) in [4.78, 5) is 11.8. The van der Waals surface area contributed by atoms with Crippen LogP contribution in [0.2, 0.25) is 0 Å². The number of carbonyl (C=O) groups is 1. The van der Waals surface area contributed by atoms with Crippen LogP contribution in [0.5, 0.6) is 0 Å². The van der Waals surface area contributed by atoms with Gasteiger partial charge in [-0.2, -0.15) is 11.8 Å². The molecule has 0 saturated carbocycles. The second-order valence-electron chi connectivity index (χ2n) is 4.25. The third-order valence-electron chi connectivity index (χ3n) is 2.85. The molecule has 0 bridgehead atoms. The number of benzene rings is 1. The summed E-state index contributed by atoms with van der Waals surface area (Å²) in [6.45, 7) is 5.14. The molecule has 106 valence electrons. The number of nitrogens with one attached hydrogen (secondary N) is 1. The highest BCUT2D eigenvalue weighted by Gasteiger charge is 2.16. The number of aromatic carboxylic acids is 1. The van der Waals surface area contributed by atoms with Crippen molar-refractivity contribution in [2.45, 2.75) is 6.54 Å². The first-order valence-corrected chi connectivity index (χ1v) is 8.34. The van der Waals surface area contributed by atoms with E-state index in [4.69, 9.17) is 0 Å². The maximum atomic E-state index is 11.3. The van der Waals surface area contributed by atoms with Crippen LogP contribution < -0.4 is 5.32 Å². The predicted molar refractivity (Wildman–Crippen MR) is 88.0 cm³/mol. The van der Waals surface area contributed by atoms with Crippen LogP contribution in [0.25, 0.3) is 10.1 Å². The van der Waals surface area contributed by atoms with E-state index >= 15 is 0 Å². The minimum Gasteiger partial charge on any atom is -0.477 e. The molecule has 0 saturated heterocycles. The second-order valence-corrected chi connectivity index (χ2v) is 6.45. The molecule has 5 heteroatoms. The fourth-order valence-electron chi connectivity index (χ4n) is 1.97. The van der Waals surface area contributed by atoms with Gasteiger partial charge < -0.3 is 10.4 Å². The molecule has 1 aromatic heterocycles. The van der Waals surface area contributed by atoms with E-state index in [-0.39, 0.29) is 0 Å². The van der Waals surface area contributed by atoms with Crippen molar-refractivity contribution in [3.63, 3.8) is 0 Å². The SMILES string of the molecule is C=CCSCCNCc1c(C(=O)O)sc2ccccc12. The van der Waals surface area contributed by atoms with Gasteiger partial charge in [0, 0.05) is 29.3 Å². The molecule has 0 aliphatic carbocycles. The molecule has 0 radical (unpaired) electrons. The van der Waals surface area contributed by atoms with Crippen molar-refractivity contribution in [3.05, 3.63) is 47.4 Å². The van der Waals surface area contributed by atoms with Crippen molar-refractivity contribution in [1.29, 1.82) is 0 Å². The minimum atomic E-state index is -0.843. The lowest BCUT2D eigenvalue weighted by atomic mass is 10.1. The molecule has 0 amide bonds. The summed E-state index contributed by atoms with van der Waals surface area (Å²) in [5.74, 6) is 1.10.